The van der Waals surface area contributed by atoms with E-state index in [0.29, 0.717) is 25.7 Å². The maximum absolute atomic E-state index is 13.2. The Hall–Kier alpha value is -1.94. The van der Waals surface area contributed by atoms with Gasteiger partial charge in [0.05, 0.1) is 26.4 Å². The summed E-state index contributed by atoms with van der Waals surface area (Å²) in [6, 6.07) is 0. The summed E-state index contributed by atoms with van der Waals surface area (Å²) in [5, 5.41) is 10.7. The fraction of sp³-hybridized carbons (Fsp3) is 0.953. The molecule has 0 aliphatic heterocycles. The van der Waals surface area contributed by atoms with Gasteiger partial charge in [-0.05, 0) is 37.5 Å². The molecule has 6 atom stereocenters. The molecule has 0 saturated carbocycles. The number of rotatable bonds is 85. The first kappa shape index (κ1) is 103. The molecule has 3 unspecified atom stereocenters. The largest absolute Gasteiger partial charge is 0.472 e. The standard InChI is InChI=1S/C86H168O17P2/c1-7-10-12-14-16-18-20-22-24-25-26-27-28-29-32-37-41-45-53-59-65-71-86(91)102-81(74-96-83(88)68-62-56-50-43-39-36-33-30-31-34-38-42-48-54-60-66-78(4)5)76-100-104(92,93)98-72-80(87)73-99-105(94,95)101-77-82(75-97-84(89)69-63-57-51-47-46-49-55-61-67-79(6)9-3)103-85(90)70-64-58-52-44-40-35-23-21-19-17-15-13-11-8-2/h78-82,87H,7-77H2,1-6H3,(H,92,93)(H,94,95)/t79?,80-,81-,82-/m1/s1. The Labute approximate surface area is 645 Å². The quantitative estimate of drug-likeness (QED) is 0.0222. The summed E-state index contributed by atoms with van der Waals surface area (Å²) in [7, 11) is -9.93. The van der Waals surface area contributed by atoms with Crippen LogP contribution in [0.2, 0.25) is 0 Å². The monoisotopic (exact) mass is 1540 g/mol. The number of ether oxygens (including phenoxy) is 4. The van der Waals surface area contributed by atoms with Crippen molar-refractivity contribution in [3.05, 3.63) is 0 Å². The molecule has 0 bridgehead atoms. The van der Waals surface area contributed by atoms with Gasteiger partial charge in [-0.1, -0.05) is 408 Å². The van der Waals surface area contributed by atoms with Gasteiger partial charge in [0.2, 0.25) is 0 Å². The fourth-order valence-electron chi connectivity index (χ4n) is 13.4. The van der Waals surface area contributed by atoms with Crippen molar-refractivity contribution in [1.82, 2.24) is 0 Å². The Morgan fingerprint density at radius 2 is 0.486 bits per heavy atom. The highest BCUT2D eigenvalue weighted by Gasteiger charge is 2.30. The van der Waals surface area contributed by atoms with E-state index in [1.807, 2.05) is 0 Å². The lowest BCUT2D eigenvalue weighted by Gasteiger charge is -2.21. The van der Waals surface area contributed by atoms with E-state index in [0.717, 1.165) is 102 Å². The normalized spacial score (nSPS) is 14.1. The predicted molar refractivity (Wildman–Crippen MR) is 432 cm³/mol. The van der Waals surface area contributed by atoms with E-state index in [-0.39, 0.29) is 25.7 Å². The van der Waals surface area contributed by atoms with Crippen LogP contribution in [0, 0.1) is 11.8 Å². The Kier molecular flexibility index (Phi) is 76.0. The number of unbranched alkanes of at least 4 members (excludes halogenated alkanes) is 54. The van der Waals surface area contributed by atoms with E-state index in [2.05, 4.69) is 41.5 Å². The minimum absolute atomic E-state index is 0.108. The number of hydrogen-bond donors (Lipinski definition) is 3. The number of esters is 4. The summed E-state index contributed by atoms with van der Waals surface area (Å²) in [6.45, 7) is 9.70. The van der Waals surface area contributed by atoms with E-state index >= 15 is 0 Å². The van der Waals surface area contributed by atoms with E-state index < -0.39 is 97.5 Å². The van der Waals surface area contributed by atoms with Gasteiger partial charge in [-0.3, -0.25) is 37.3 Å². The minimum atomic E-state index is -4.97. The van der Waals surface area contributed by atoms with Gasteiger partial charge in [0.15, 0.2) is 12.2 Å². The first-order chi connectivity index (χ1) is 50.9. The van der Waals surface area contributed by atoms with Crippen molar-refractivity contribution in [2.45, 2.75) is 477 Å². The molecule has 17 nitrogen and oxygen atoms in total. The topological polar surface area (TPSA) is 237 Å². The summed E-state index contributed by atoms with van der Waals surface area (Å²) in [6.07, 6.45) is 69.4. The average Bonchev–Trinajstić information content (AvgIpc) is 0.965. The minimum Gasteiger partial charge on any atom is -0.462 e. The molecular formula is C86H168O17P2. The molecule has 0 aromatic rings. The molecule has 19 heteroatoms. The average molecular weight is 1540 g/mol. The molecule has 0 rings (SSSR count). The second-order valence-corrected chi connectivity index (χ2v) is 34.6. The molecule has 0 aromatic heterocycles. The van der Waals surface area contributed by atoms with Crippen molar-refractivity contribution >= 4 is 39.5 Å². The molecule has 0 radical (unpaired) electrons. The number of phosphoric acid groups is 2. The third kappa shape index (κ3) is 78.5. The lowest BCUT2D eigenvalue weighted by atomic mass is 9.99. The highest BCUT2D eigenvalue weighted by atomic mass is 31.2. The van der Waals surface area contributed by atoms with Crippen molar-refractivity contribution in [2.75, 3.05) is 39.6 Å². The molecular weight excluding hydrogens is 1370 g/mol. The van der Waals surface area contributed by atoms with Crippen LogP contribution in [0.3, 0.4) is 0 Å². The molecule has 0 aromatic carbocycles. The molecule has 0 spiro atoms. The van der Waals surface area contributed by atoms with Gasteiger partial charge in [0, 0.05) is 25.7 Å². The zero-order valence-electron chi connectivity index (χ0n) is 69.0. The first-order valence-electron chi connectivity index (χ1n) is 44.5. The van der Waals surface area contributed by atoms with Crippen molar-refractivity contribution in [3.8, 4) is 0 Å². The van der Waals surface area contributed by atoms with Crippen LogP contribution in [-0.4, -0.2) is 96.7 Å². The van der Waals surface area contributed by atoms with Gasteiger partial charge in [-0.15, -0.1) is 0 Å². The number of carbonyl (C=O) groups excluding carboxylic acids is 4. The number of aliphatic hydroxyl groups is 1. The Morgan fingerprint density at radius 1 is 0.276 bits per heavy atom. The molecule has 105 heavy (non-hydrogen) atoms. The fourth-order valence-corrected chi connectivity index (χ4v) is 15.0. The van der Waals surface area contributed by atoms with E-state index in [1.54, 1.807) is 0 Å². The lowest BCUT2D eigenvalue weighted by Crippen LogP contribution is -2.30. The molecule has 0 aliphatic carbocycles. The van der Waals surface area contributed by atoms with Gasteiger partial charge in [-0.2, -0.15) is 0 Å². The molecule has 0 aliphatic rings. The molecule has 3 N–H and O–H groups in total. The van der Waals surface area contributed by atoms with E-state index in [1.165, 1.54) is 276 Å². The maximum atomic E-state index is 13.2. The smallest absolute Gasteiger partial charge is 0.462 e. The summed E-state index contributed by atoms with van der Waals surface area (Å²) in [4.78, 5) is 73.2. The maximum Gasteiger partial charge on any atom is 0.472 e. The summed E-state index contributed by atoms with van der Waals surface area (Å²) < 4.78 is 68.9. The van der Waals surface area contributed by atoms with Crippen LogP contribution in [0.4, 0.5) is 0 Å². The zero-order chi connectivity index (χ0) is 77.1. The molecule has 0 amide bonds. The highest BCUT2D eigenvalue weighted by Crippen LogP contribution is 2.45. The SMILES string of the molecule is CCCCCCCCCCCCCCCCCCCCCCCC(=O)O[C@H](COC(=O)CCCCCCCCCCCCCCCCCC(C)C)COP(=O)(O)OC[C@@H](O)COP(=O)(O)OC[C@@H](COC(=O)CCCCCCCCCCC(C)CC)OC(=O)CCCCCCCCCCCCCCCC. The van der Waals surface area contributed by atoms with Crippen LogP contribution in [0.5, 0.6) is 0 Å². The summed E-state index contributed by atoms with van der Waals surface area (Å²) >= 11 is 0. The zero-order valence-corrected chi connectivity index (χ0v) is 70.8. The third-order valence-electron chi connectivity index (χ3n) is 20.6. The van der Waals surface area contributed by atoms with E-state index in [9.17, 15) is 43.2 Å². The van der Waals surface area contributed by atoms with Crippen molar-refractivity contribution in [3.63, 3.8) is 0 Å². The first-order valence-corrected chi connectivity index (χ1v) is 47.5. The Bertz CT molecular complexity index is 2010. The molecule has 0 fully saturated rings. The number of hydrogen-bond acceptors (Lipinski definition) is 15. The number of carbonyl (C=O) groups is 4. The third-order valence-corrected chi connectivity index (χ3v) is 22.5. The molecule has 0 heterocycles. The van der Waals surface area contributed by atoms with Crippen LogP contribution in [0.15, 0.2) is 0 Å². The second kappa shape index (κ2) is 77.4. The van der Waals surface area contributed by atoms with Crippen LogP contribution in [-0.2, 0) is 65.4 Å². The molecule has 0 saturated heterocycles. The summed E-state index contributed by atoms with van der Waals surface area (Å²) in [5.41, 5.74) is 0. The summed E-state index contributed by atoms with van der Waals surface area (Å²) in [5.74, 6) is -0.518. The Morgan fingerprint density at radius 3 is 0.724 bits per heavy atom. The number of aliphatic hydroxyl groups excluding tert-OH is 1. The van der Waals surface area contributed by atoms with E-state index in [4.69, 9.17) is 37.0 Å². The van der Waals surface area contributed by atoms with Crippen LogP contribution >= 0.6 is 15.6 Å². The van der Waals surface area contributed by atoms with Gasteiger partial charge in [0.25, 0.3) is 0 Å². The van der Waals surface area contributed by atoms with Crippen LogP contribution < -0.4 is 0 Å². The van der Waals surface area contributed by atoms with Crippen molar-refractivity contribution < 1.29 is 80.2 Å². The second-order valence-electron chi connectivity index (χ2n) is 31.6. The van der Waals surface area contributed by atoms with Crippen molar-refractivity contribution in [2.24, 2.45) is 11.8 Å². The molecule has 624 valence electrons. The van der Waals surface area contributed by atoms with Gasteiger partial charge < -0.3 is 33.8 Å². The van der Waals surface area contributed by atoms with Crippen LogP contribution in [0.25, 0.3) is 0 Å². The van der Waals surface area contributed by atoms with Crippen molar-refractivity contribution in [1.29, 1.82) is 0 Å². The van der Waals surface area contributed by atoms with Gasteiger partial charge in [-0.25, -0.2) is 9.13 Å². The Balaban J connectivity index is 5.25. The van der Waals surface area contributed by atoms with Crippen LogP contribution in [0.1, 0.15) is 459 Å². The highest BCUT2D eigenvalue weighted by molar-refractivity contribution is 7.47. The van der Waals surface area contributed by atoms with Gasteiger partial charge >= 0.3 is 39.5 Å². The van der Waals surface area contributed by atoms with Gasteiger partial charge in [0.1, 0.15) is 19.3 Å². The number of phosphoric ester groups is 2. The lowest BCUT2D eigenvalue weighted by molar-refractivity contribution is -0.161. The predicted octanol–water partition coefficient (Wildman–Crippen LogP) is 26.2.